The van der Waals surface area contributed by atoms with Crippen LogP contribution in [0, 0.1) is 10.1 Å². The molecule has 0 aliphatic carbocycles. The van der Waals surface area contributed by atoms with Crippen LogP contribution in [-0.4, -0.2) is 31.3 Å². The monoisotopic (exact) mass is 488 g/mol. The first kappa shape index (κ1) is 26.1. The minimum atomic E-state index is -4.73. The third kappa shape index (κ3) is 7.71. The molecular formula is C20H23F3N4O5S. The molecule has 3 N–H and O–H groups in total. The smallest absolute Gasteiger partial charge is 0.379 e. The average Bonchev–Trinajstić information content (AvgIpc) is 2.65. The average molecular weight is 488 g/mol. The minimum Gasteiger partial charge on any atom is -0.379 e. The van der Waals surface area contributed by atoms with Crippen LogP contribution in [0.3, 0.4) is 0 Å². The highest BCUT2D eigenvalue weighted by atomic mass is 32.2. The van der Waals surface area contributed by atoms with E-state index in [4.69, 9.17) is 0 Å². The second kappa shape index (κ2) is 9.75. The standard InChI is InChI=1S/C20H23F3N4O5S/c1-19(2,3)26-33(31,32)15-6-4-5-14(12-15)25-18(28)9-10-24-16-8-7-13(20(21,22)23)11-17(16)27(29)30/h4-8,11-12,24,26H,9-10H2,1-3H3,(H,25,28). The second-order valence-corrected chi connectivity index (χ2v) is 9.78. The summed E-state index contributed by atoms with van der Waals surface area (Å²) < 4.78 is 65.7. The molecule has 0 heterocycles. The molecule has 0 spiro atoms. The normalized spacial score (nSPS) is 12.3. The second-order valence-electron chi connectivity index (χ2n) is 8.10. The summed E-state index contributed by atoms with van der Waals surface area (Å²) in [4.78, 5) is 22.3. The Labute approximate surface area is 188 Å². The molecule has 0 fully saturated rings. The van der Waals surface area contributed by atoms with Gasteiger partial charge in [0.25, 0.3) is 5.69 Å². The van der Waals surface area contributed by atoms with E-state index in [1.807, 2.05) is 0 Å². The van der Waals surface area contributed by atoms with Crippen molar-refractivity contribution in [3.63, 3.8) is 0 Å². The number of nitrogens with zero attached hydrogens (tertiary/aromatic N) is 1. The Bertz CT molecular complexity index is 1150. The van der Waals surface area contributed by atoms with Crippen LogP contribution < -0.4 is 15.4 Å². The maximum Gasteiger partial charge on any atom is 0.416 e. The summed E-state index contributed by atoms with van der Waals surface area (Å²) in [6.45, 7) is 4.94. The van der Waals surface area contributed by atoms with Gasteiger partial charge in [0.1, 0.15) is 5.69 Å². The van der Waals surface area contributed by atoms with Gasteiger partial charge in [0.2, 0.25) is 15.9 Å². The van der Waals surface area contributed by atoms with E-state index in [-0.39, 0.29) is 29.2 Å². The molecule has 0 aliphatic rings. The summed E-state index contributed by atoms with van der Waals surface area (Å²) in [5.41, 5.74) is -2.58. The Morgan fingerprint density at radius 1 is 1.09 bits per heavy atom. The first-order valence-corrected chi connectivity index (χ1v) is 11.1. The van der Waals surface area contributed by atoms with Gasteiger partial charge in [0.15, 0.2) is 0 Å². The van der Waals surface area contributed by atoms with E-state index in [1.54, 1.807) is 20.8 Å². The zero-order valence-corrected chi connectivity index (χ0v) is 18.8. The summed E-state index contributed by atoms with van der Waals surface area (Å²) in [5.74, 6) is -0.532. The van der Waals surface area contributed by atoms with E-state index >= 15 is 0 Å². The van der Waals surface area contributed by atoms with E-state index in [0.29, 0.717) is 12.1 Å². The van der Waals surface area contributed by atoms with E-state index in [9.17, 15) is 36.5 Å². The third-order valence-electron chi connectivity index (χ3n) is 4.06. The van der Waals surface area contributed by atoms with Crippen molar-refractivity contribution in [1.29, 1.82) is 0 Å². The Balaban J connectivity index is 2.03. The predicted molar refractivity (Wildman–Crippen MR) is 116 cm³/mol. The number of alkyl halides is 3. The fourth-order valence-corrected chi connectivity index (χ4v) is 4.21. The zero-order chi connectivity index (χ0) is 25.0. The molecule has 180 valence electrons. The van der Waals surface area contributed by atoms with Gasteiger partial charge in [-0.25, -0.2) is 13.1 Å². The molecule has 0 bridgehead atoms. The van der Waals surface area contributed by atoms with Crippen LogP contribution in [0.4, 0.5) is 30.2 Å². The maximum absolute atomic E-state index is 12.8. The third-order valence-corrected chi connectivity index (χ3v) is 5.81. The lowest BCUT2D eigenvalue weighted by Crippen LogP contribution is -2.40. The van der Waals surface area contributed by atoms with Gasteiger partial charge >= 0.3 is 6.18 Å². The summed E-state index contributed by atoms with van der Waals surface area (Å²) in [5, 5.41) is 16.2. The summed E-state index contributed by atoms with van der Waals surface area (Å²) in [6.07, 6.45) is -4.91. The Kier molecular flexibility index (Phi) is 7.70. The number of anilines is 2. The topological polar surface area (TPSA) is 130 Å². The molecule has 2 aromatic rings. The number of nitro benzene ring substituents is 1. The zero-order valence-electron chi connectivity index (χ0n) is 18.0. The number of hydrogen-bond donors (Lipinski definition) is 3. The van der Waals surface area contributed by atoms with Gasteiger partial charge in [-0.15, -0.1) is 0 Å². The fourth-order valence-electron chi connectivity index (χ4n) is 2.75. The van der Waals surface area contributed by atoms with Gasteiger partial charge in [-0.3, -0.25) is 14.9 Å². The fraction of sp³-hybridized carbons (Fsp3) is 0.350. The summed E-state index contributed by atoms with van der Waals surface area (Å²) in [6, 6.07) is 7.64. The van der Waals surface area contributed by atoms with E-state index in [1.165, 1.54) is 24.3 Å². The molecule has 2 aromatic carbocycles. The van der Waals surface area contributed by atoms with Crippen LogP contribution >= 0.6 is 0 Å². The molecule has 0 saturated heterocycles. The van der Waals surface area contributed by atoms with E-state index < -0.39 is 43.8 Å². The van der Waals surface area contributed by atoms with Crippen LogP contribution in [0.25, 0.3) is 0 Å². The molecule has 2 rings (SSSR count). The minimum absolute atomic E-state index is 0.0475. The van der Waals surface area contributed by atoms with Crippen molar-refractivity contribution in [3.8, 4) is 0 Å². The van der Waals surface area contributed by atoms with Gasteiger partial charge in [0.05, 0.1) is 15.4 Å². The van der Waals surface area contributed by atoms with Gasteiger partial charge in [-0.05, 0) is 51.1 Å². The van der Waals surface area contributed by atoms with Crippen LogP contribution in [-0.2, 0) is 21.0 Å². The lowest BCUT2D eigenvalue weighted by atomic mass is 10.1. The number of carbonyl (C=O) groups excluding carboxylic acids is 1. The molecule has 0 aromatic heterocycles. The lowest BCUT2D eigenvalue weighted by molar-refractivity contribution is -0.384. The van der Waals surface area contributed by atoms with Gasteiger partial charge in [-0.2, -0.15) is 13.2 Å². The van der Waals surface area contributed by atoms with Gasteiger partial charge in [0, 0.05) is 30.3 Å². The molecule has 33 heavy (non-hydrogen) atoms. The Morgan fingerprint density at radius 2 is 1.76 bits per heavy atom. The number of halogens is 3. The van der Waals surface area contributed by atoms with E-state index in [2.05, 4.69) is 15.4 Å². The van der Waals surface area contributed by atoms with Crippen molar-refractivity contribution in [2.75, 3.05) is 17.2 Å². The SMILES string of the molecule is CC(C)(C)NS(=O)(=O)c1cccc(NC(=O)CCNc2ccc(C(F)(F)F)cc2[N+](=O)[O-])c1. The first-order valence-electron chi connectivity index (χ1n) is 9.62. The number of nitro groups is 1. The number of nitrogens with one attached hydrogen (secondary N) is 3. The molecule has 0 atom stereocenters. The van der Waals surface area contributed by atoms with Crippen molar-refractivity contribution in [2.24, 2.45) is 0 Å². The van der Waals surface area contributed by atoms with Gasteiger partial charge in [-0.1, -0.05) is 6.07 Å². The molecule has 0 unspecified atom stereocenters. The Hall–Kier alpha value is -3.19. The van der Waals surface area contributed by atoms with Crippen molar-refractivity contribution in [3.05, 3.63) is 58.1 Å². The molecule has 9 nitrogen and oxygen atoms in total. The summed E-state index contributed by atoms with van der Waals surface area (Å²) >= 11 is 0. The molecule has 0 saturated carbocycles. The lowest BCUT2D eigenvalue weighted by Gasteiger charge is -2.20. The maximum atomic E-state index is 12.8. The van der Waals surface area contributed by atoms with Crippen LogP contribution in [0.15, 0.2) is 47.4 Å². The molecule has 0 aliphatic heterocycles. The highest BCUT2D eigenvalue weighted by Gasteiger charge is 2.33. The number of rotatable bonds is 8. The van der Waals surface area contributed by atoms with Crippen molar-refractivity contribution in [1.82, 2.24) is 4.72 Å². The molecule has 0 radical (unpaired) electrons. The molecule has 1 amide bonds. The van der Waals surface area contributed by atoms with Crippen molar-refractivity contribution >= 4 is 33.0 Å². The quantitative estimate of drug-likeness (QED) is 0.378. The largest absolute Gasteiger partial charge is 0.416 e. The molecule has 13 heteroatoms. The number of hydrogen-bond acceptors (Lipinski definition) is 6. The van der Waals surface area contributed by atoms with Crippen LogP contribution in [0.5, 0.6) is 0 Å². The number of amides is 1. The predicted octanol–water partition coefficient (Wildman–Crippen LogP) is 4.13. The number of sulfonamides is 1. The Morgan fingerprint density at radius 3 is 2.33 bits per heavy atom. The highest BCUT2D eigenvalue weighted by Crippen LogP contribution is 2.34. The van der Waals surface area contributed by atoms with Gasteiger partial charge < -0.3 is 10.6 Å². The van der Waals surface area contributed by atoms with Crippen molar-refractivity contribution < 1.29 is 31.3 Å². The van der Waals surface area contributed by atoms with Crippen LogP contribution in [0.2, 0.25) is 0 Å². The van der Waals surface area contributed by atoms with Crippen molar-refractivity contribution in [2.45, 2.75) is 43.8 Å². The molecular weight excluding hydrogens is 465 g/mol. The highest BCUT2D eigenvalue weighted by molar-refractivity contribution is 7.89. The summed E-state index contributed by atoms with van der Waals surface area (Å²) in [7, 11) is -3.81. The first-order chi connectivity index (χ1) is 15.1. The van der Waals surface area contributed by atoms with Crippen LogP contribution in [0.1, 0.15) is 32.8 Å². The number of benzene rings is 2. The number of carbonyl (C=O) groups is 1. The van der Waals surface area contributed by atoms with E-state index in [0.717, 1.165) is 6.07 Å².